The van der Waals surface area contributed by atoms with E-state index >= 15 is 0 Å². The van der Waals surface area contributed by atoms with E-state index in [1.54, 1.807) is 0 Å². The van der Waals surface area contributed by atoms with Gasteiger partial charge in [-0.1, -0.05) is 19.3 Å². The number of hydrogen-bond donors (Lipinski definition) is 4. The van der Waals surface area contributed by atoms with Crippen LogP contribution >= 0.6 is 0 Å². The second-order valence-electron chi connectivity index (χ2n) is 6.80. The van der Waals surface area contributed by atoms with Crippen LogP contribution in [0.25, 0.3) is 0 Å². The molecule has 0 bridgehead atoms. The van der Waals surface area contributed by atoms with Crippen LogP contribution in [0.3, 0.4) is 0 Å². The summed E-state index contributed by atoms with van der Waals surface area (Å²) in [6, 6.07) is -0.474. The summed E-state index contributed by atoms with van der Waals surface area (Å²) >= 11 is 0. The van der Waals surface area contributed by atoms with Crippen LogP contribution in [0.2, 0.25) is 0 Å². The van der Waals surface area contributed by atoms with Crippen molar-refractivity contribution in [2.24, 2.45) is 11.7 Å². The molecule has 0 radical (unpaired) electrons. The minimum absolute atomic E-state index is 0.0112. The van der Waals surface area contributed by atoms with Gasteiger partial charge >= 0.3 is 6.09 Å². The van der Waals surface area contributed by atoms with Crippen LogP contribution in [-0.2, 0) is 16.0 Å². The van der Waals surface area contributed by atoms with Crippen LogP contribution in [-0.4, -0.2) is 39.8 Å². The lowest BCUT2D eigenvalue weighted by molar-refractivity contribution is -0.127. The number of carbonyl (C=O) groups excluding carboxylic acids is 2. The molecule has 5 N–H and O–H groups in total. The van der Waals surface area contributed by atoms with Gasteiger partial charge in [0.05, 0.1) is 0 Å². The summed E-state index contributed by atoms with van der Waals surface area (Å²) in [6.45, 7) is 0.329. The number of rotatable bonds is 10. The number of carboxylic acid groups (broad SMARTS) is 1. The normalized spacial score (nSPS) is 15.9. The molecule has 3 amide bonds. The topological polar surface area (TPSA) is 160 Å². The van der Waals surface area contributed by atoms with Crippen LogP contribution in [0, 0.1) is 5.92 Å². The van der Waals surface area contributed by atoms with E-state index < -0.39 is 18.0 Å². The van der Waals surface area contributed by atoms with Crippen molar-refractivity contribution in [3.05, 3.63) is 11.8 Å². The molecular formula is C17H27N5O5. The van der Waals surface area contributed by atoms with Crippen molar-refractivity contribution >= 4 is 17.9 Å². The molecule has 0 aliphatic heterocycles. The molecule has 1 aliphatic rings. The Morgan fingerprint density at radius 2 is 1.93 bits per heavy atom. The Kier molecular flexibility index (Phi) is 8.02. The van der Waals surface area contributed by atoms with Gasteiger partial charge in [0.1, 0.15) is 12.5 Å². The number of unbranched alkanes of at least 4 members (excludes halogenated alkanes) is 1. The minimum atomic E-state index is -1.06. The molecule has 10 heteroatoms. The molecule has 1 aliphatic carbocycles. The number of hydrogen-bond acceptors (Lipinski definition) is 6. The molecule has 1 unspecified atom stereocenters. The summed E-state index contributed by atoms with van der Waals surface area (Å²) in [5.74, 6) is -0.266. The largest absolute Gasteiger partial charge is 0.465 e. The van der Waals surface area contributed by atoms with Gasteiger partial charge in [0, 0.05) is 12.5 Å². The van der Waals surface area contributed by atoms with Crippen molar-refractivity contribution in [1.82, 2.24) is 20.8 Å². The standard InChI is InChI=1S/C17H27N5O5/c18-13(23)10-14-21-22-16(27-14)12(8-4-5-9-19-17(25)26)20-15(24)11-6-2-1-3-7-11/h11-12,19H,1-10H2,(H2,18,23)(H,20,24)(H,25,26). The molecule has 1 heterocycles. The Labute approximate surface area is 157 Å². The van der Waals surface area contributed by atoms with Crippen molar-refractivity contribution in [2.75, 3.05) is 6.54 Å². The third-order valence-electron chi connectivity index (χ3n) is 4.59. The zero-order chi connectivity index (χ0) is 19.6. The Morgan fingerprint density at radius 1 is 1.19 bits per heavy atom. The first kappa shape index (κ1) is 20.7. The number of carbonyl (C=O) groups is 3. The first-order valence-corrected chi connectivity index (χ1v) is 9.33. The number of nitrogens with zero attached hydrogens (tertiary/aromatic N) is 2. The molecule has 1 saturated carbocycles. The molecule has 1 atom stereocenters. The molecule has 2 rings (SSSR count). The summed E-state index contributed by atoms with van der Waals surface area (Å²) in [4.78, 5) is 34.1. The van der Waals surface area contributed by atoms with Gasteiger partial charge in [0.15, 0.2) is 0 Å². The second-order valence-corrected chi connectivity index (χ2v) is 6.80. The van der Waals surface area contributed by atoms with Crippen LogP contribution in [0.1, 0.15) is 69.2 Å². The highest BCUT2D eigenvalue weighted by Crippen LogP contribution is 2.26. The van der Waals surface area contributed by atoms with Gasteiger partial charge in [-0.2, -0.15) is 0 Å². The fourth-order valence-corrected chi connectivity index (χ4v) is 3.21. The zero-order valence-electron chi connectivity index (χ0n) is 15.3. The Balaban J connectivity index is 1.96. The Morgan fingerprint density at radius 3 is 2.59 bits per heavy atom. The Hall–Kier alpha value is -2.65. The molecule has 10 nitrogen and oxygen atoms in total. The lowest BCUT2D eigenvalue weighted by atomic mass is 9.88. The number of aromatic nitrogens is 2. The molecule has 27 heavy (non-hydrogen) atoms. The molecule has 0 aromatic carbocycles. The maximum atomic E-state index is 12.6. The minimum Gasteiger partial charge on any atom is -0.465 e. The quantitative estimate of drug-likeness (QED) is 0.444. The van der Waals surface area contributed by atoms with Crippen molar-refractivity contribution in [3.8, 4) is 0 Å². The molecule has 0 spiro atoms. The van der Waals surface area contributed by atoms with E-state index in [0.29, 0.717) is 25.8 Å². The first-order valence-electron chi connectivity index (χ1n) is 9.33. The molecule has 1 aromatic rings. The number of amides is 3. The highest BCUT2D eigenvalue weighted by atomic mass is 16.4. The van der Waals surface area contributed by atoms with Gasteiger partial charge in [-0.25, -0.2) is 4.79 Å². The van der Waals surface area contributed by atoms with E-state index in [9.17, 15) is 14.4 Å². The van der Waals surface area contributed by atoms with Crippen molar-refractivity contribution in [1.29, 1.82) is 0 Å². The third-order valence-corrected chi connectivity index (χ3v) is 4.59. The lowest BCUT2D eigenvalue weighted by Gasteiger charge is -2.23. The van der Waals surface area contributed by atoms with Crippen molar-refractivity contribution < 1.29 is 23.9 Å². The molecule has 0 saturated heterocycles. The highest BCUT2D eigenvalue weighted by Gasteiger charge is 2.26. The molecular weight excluding hydrogens is 354 g/mol. The predicted molar refractivity (Wildman–Crippen MR) is 94.5 cm³/mol. The predicted octanol–water partition coefficient (Wildman–Crippen LogP) is 1.27. The summed E-state index contributed by atoms with van der Waals surface area (Å²) in [5.41, 5.74) is 5.13. The molecule has 150 valence electrons. The zero-order valence-corrected chi connectivity index (χ0v) is 15.3. The maximum absolute atomic E-state index is 12.6. The SMILES string of the molecule is NC(=O)Cc1nnc(C(CCCCNC(=O)O)NC(=O)C2CCCCC2)o1. The van der Waals surface area contributed by atoms with E-state index in [-0.39, 0.29) is 30.0 Å². The third kappa shape index (κ3) is 7.24. The monoisotopic (exact) mass is 381 g/mol. The van der Waals surface area contributed by atoms with Crippen LogP contribution in [0.5, 0.6) is 0 Å². The van der Waals surface area contributed by atoms with Gasteiger partial charge in [-0.15, -0.1) is 10.2 Å². The van der Waals surface area contributed by atoms with Crippen LogP contribution in [0.4, 0.5) is 4.79 Å². The van der Waals surface area contributed by atoms with Crippen molar-refractivity contribution in [2.45, 2.75) is 63.8 Å². The van der Waals surface area contributed by atoms with E-state index in [1.165, 1.54) is 0 Å². The smallest absolute Gasteiger partial charge is 0.404 e. The average Bonchev–Trinajstić information content (AvgIpc) is 3.08. The maximum Gasteiger partial charge on any atom is 0.404 e. The second kappa shape index (κ2) is 10.5. The summed E-state index contributed by atoms with van der Waals surface area (Å²) in [6.07, 6.45) is 5.58. The van der Waals surface area contributed by atoms with Gasteiger partial charge in [0.25, 0.3) is 0 Å². The summed E-state index contributed by atoms with van der Waals surface area (Å²) < 4.78 is 5.49. The molecule has 1 aromatic heterocycles. The van der Waals surface area contributed by atoms with E-state index in [1.807, 2.05) is 0 Å². The fraction of sp³-hybridized carbons (Fsp3) is 0.706. The van der Waals surface area contributed by atoms with E-state index in [0.717, 1.165) is 32.1 Å². The fourth-order valence-electron chi connectivity index (χ4n) is 3.21. The number of nitrogens with one attached hydrogen (secondary N) is 2. The van der Waals surface area contributed by atoms with Gasteiger partial charge in [0.2, 0.25) is 23.6 Å². The van der Waals surface area contributed by atoms with E-state index in [2.05, 4.69) is 20.8 Å². The van der Waals surface area contributed by atoms with Gasteiger partial charge in [-0.05, 0) is 32.1 Å². The van der Waals surface area contributed by atoms with E-state index in [4.69, 9.17) is 15.3 Å². The highest BCUT2D eigenvalue weighted by molar-refractivity contribution is 5.79. The first-order chi connectivity index (χ1) is 13.0. The Bertz CT molecular complexity index is 641. The van der Waals surface area contributed by atoms with Gasteiger partial charge < -0.3 is 25.9 Å². The van der Waals surface area contributed by atoms with Crippen molar-refractivity contribution in [3.63, 3.8) is 0 Å². The van der Waals surface area contributed by atoms with Crippen LogP contribution < -0.4 is 16.4 Å². The average molecular weight is 381 g/mol. The molecule has 1 fully saturated rings. The van der Waals surface area contributed by atoms with Crippen LogP contribution in [0.15, 0.2) is 4.42 Å². The number of primary amides is 1. The summed E-state index contributed by atoms with van der Waals surface area (Å²) in [7, 11) is 0. The lowest BCUT2D eigenvalue weighted by Crippen LogP contribution is -2.35. The van der Waals surface area contributed by atoms with Gasteiger partial charge in [-0.3, -0.25) is 9.59 Å². The summed E-state index contributed by atoms with van der Waals surface area (Å²) in [5, 5.41) is 21.6. The number of nitrogens with two attached hydrogens (primary N) is 1.